The minimum atomic E-state index is -0.0562. The summed E-state index contributed by atoms with van der Waals surface area (Å²) in [5.74, 6) is 2.63. The van der Waals surface area contributed by atoms with Gasteiger partial charge in [-0.05, 0) is 66.9 Å². The number of nitrogens with zero attached hydrogens (tertiary/aromatic N) is 2. The van der Waals surface area contributed by atoms with Crippen molar-refractivity contribution in [2.45, 2.75) is 25.4 Å². The van der Waals surface area contributed by atoms with Gasteiger partial charge in [0.1, 0.15) is 11.5 Å². The molecule has 1 saturated carbocycles. The van der Waals surface area contributed by atoms with Gasteiger partial charge in [0.05, 0.1) is 25.4 Å². The molecule has 1 aliphatic carbocycles. The third-order valence-electron chi connectivity index (χ3n) is 6.71. The molecule has 1 amide bonds. The van der Waals surface area contributed by atoms with Gasteiger partial charge in [-0.3, -0.25) is 4.79 Å². The van der Waals surface area contributed by atoms with E-state index in [1.807, 2.05) is 35.2 Å². The van der Waals surface area contributed by atoms with Gasteiger partial charge in [-0.15, -0.1) is 0 Å². The van der Waals surface area contributed by atoms with Crippen LogP contribution in [0.3, 0.4) is 0 Å². The average molecular weight is 517 g/mol. The molecule has 1 aromatic heterocycles. The molecule has 7 nitrogen and oxygen atoms in total. The minimum Gasteiger partial charge on any atom is -0.497 e. The van der Waals surface area contributed by atoms with Gasteiger partial charge in [-0.2, -0.15) is 0 Å². The number of fused-ring (bicyclic) bond motifs is 2. The summed E-state index contributed by atoms with van der Waals surface area (Å²) in [6.45, 7) is 0.557. The van der Waals surface area contributed by atoms with Crippen LogP contribution in [0.4, 0.5) is 0 Å². The summed E-state index contributed by atoms with van der Waals surface area (Å²) in [4.78, 5) is 20.6. The molecule has 0 bridgehead atoms. The Morgan fingerprint density at radius 3 is 2.57 bits per heavy atom. The Labute approximate surface area is 219 Å². The first-order chi connectivity index (χ1) is 18.0. The van der Waals surface area contributed by atoms with Gasteiger partial charge in [0, 0.05) is 40.2 Å². The van der Waals surface area contributed by atoms with E-state index in [1.165, 1.54) is 0 Å². The zero-order valence-electron chi connectivity index (χ0n) is 20.5. The fourth-order valence-corrected chi connectivity index (χ4v) is 4.87. The highest BCUT2D eigenvalue weighted by atomic mass is 35.5. The Hall–Kier alpha value is -3.97. The van der Waals surface area contributed by atoms with E-state index < -0.39 is 0 Å². The number of halogens is 1. The van der Waals surface area contributed by atoms with Gasteiger partial charge >= 0.3 is 0 Å². The number of pyridine rings is 1. The quantitative estimate of drug-likeness (QED) is 0.295. The van der Waals surface area contributed by atoms with Crippen LogP contribution in [0.1, 0.15) is 28.8 Å². The molecule has 6 rings (SSSR count). The van der Waals surface area contributed by atoms with Crippen LogP contribution in [0, 0.1) is 0 Å². The average Bonchev–Trinajstić information content (AvgIpc) is 3.66. The highest BCUT2D eigenvalue weighted by molar-refractivity contribution is 6.31. The number of aromatic nitrogens is 1. The molecule has 0 spiro atoms. The van der Waals surface area contributed by atoms with E-state index in [0.29, 0.717) is 45.8 Å². The lowest BCUT2D eigenvalue weighted by molar-refractivity contribution is 0.0730. The van der Waals surface area contributed by atoms with Crippen molar-refractivity contribution in [2.75, 3.05) is 21.0 Å². The summed E-state index contributed by atoms with van der Waals surface area (Å²) >= 11 is 6.20. The van der Waals surface area contributed by atoms with Crippen molar-refractivity contribution in [3.05, 3.63) is 76.8 Å². The second kappa shape index (κ2) is 9.48. The molecule has 2 aliphatic rings. The fourth-order valence-electron chi connectivity index (χ4n) is 4.68. The number of ether oxygens (including phenoxy) is 4. The summed E-state index contributed by atoms with van der Waals surface area (Å²) in [6.07, 6.45) is 1.92. The van der Waals surface area contributed by atoms with Crippen molar-refractivity contribution in [1.29, 1.82) is 0 Å². The molecule has 188 valence electrons. The SMILES string of the molecule is COc1ccc(OC)c(-c2nc3cc4c(cc3cc2CN(C(=O)c2cccc(Cl)c2)C2CC2)OCO4)c1. The van der Waals surface area contributed by atoms with E-state index in [4.69, 9.17) is 35.5 Å². The molecule has 0 atom stereocenters. The van der Waals surface area contributed by atoms with Crippen LogP contribution in [-0.2, 0) is 6.54 Å². The number of amides is 1. The van der Waals surface area contributed by atoms with Crippen molar-refractivity contribution in [1.82, 2.24) is 9.88 Å². The third-order valence-corrected chi connectivity index (χ3v) is 6.95. The van der Waals surface area contributed by atoms with Gasteiger partial charge in [0.15, 0.2) is 11.5 Å². The molecular weight excluding hydrogens is 492 g/mol. The topological polar surface area (TPSA) is 70.1 Å². The van der Waals surface area contributed by atoms with Gasteiger partial charge in [-0.25, -0.2) is 4.98 Å². The van der Waals surface area contributed by atoms with Gasteiger partial charge in [0.2, 0.25) is 6.79 Å². The van der Waals surface area contributed by atoms with Gasteiger partial charge < -0.3 is 23.8 Å². The molecule has 0 saturated heterocycles. The maximum absolute atomic E-state index is 13.6. The van der Waals surface area contributed by atoms with E-state index in [0.717, 1.165) is 34.9 Å². The second-order valence-corrected chi connectivity index (χ2v) is 9.57. The molecule has 1 aliphatic heterocycles. The molecule has 8 heteroatoms. The van der Waals surface area contributed by atoms with Crippen molar-refractivity contribution in [3.63, 3.8) is 0 Å². The lowest BCUT2D eigenvalue weighted by Crippen LogP contribution is -2.32. The van der Waals surface area contributed by atoms with Crippen LogP contribution in [0.5, 0.6) is 23.0 Å². The monoisotopic (exact) mass is 516 g/mol. The molecule has 2 heterocycles. The smallest absolute Gasteiger partial charge is 0.254 e. The first-order valence-electron chi connectivity index (χ1n) is 12.1. The normalized spacial score (nSPS) is 14.0. The van der Waals surface area contributed by atoms with Crippen LogP contribution in [0.15, 0.2) is 60.7 Å². The van der Waals surface area contributed by atoms with E-state index in [1.54, 1.807) is 38.5 Å². The maximum Gasteiger partial charge on any atom is 0.254 e. The number of hydrogen-bond donors (Lipinski definition) is 0. The minimum absolute atomic E-state index is 0.0562. The number of methoxy groups -OCH3 is 2. The predicted molar refractivity (Wildman–Crippen MR) is 141 cm³/mol. The van der Waals surface area contributed by atoms with Crippen LogP contribution >= 0.6 is 11.6 Å². The number of carbonyl (C=O) groups excluding carboxylic acids is 1. The molecule has 0 radical (unpaired) electrons. The summed E-state index contributed by atoms with van der Waals surface area (Å²) < 4.78 is 22.4. The van der Waals surface area contributed by atoms with Crippen molar-refractivity contribution in [2.24, 2.45) is 0 Å². The van der Waals surface area contributed by atoms with E-state index in [-0.39, 0.29) is 18.7 Å². The van der Waals surface area contributed by atoms with Crippen LogP contribution in [-0.4, -0.2) is 42.8 Å². The Morgan fingerprint density at radius 2 is 1.84 bits per heavy atom. The maximum atomic E-state index is 13.6. The Morgan fingerprint density at radius 1 is 1.03 bits per heavy atom. The molecule has 4 aromatic rings. The molecular formula is C29H25ClN2O5. The lowest BCUT2D eigenvalue weighted by atomic mass is 10.0. The van der Waals surface area contributed by atoms with Gasteiger partial charge in [-0.1, -0.05) is 17.7 Å². The first kappa shape index (κ1) is 23.4. The molecule has 3 aromatic carbocycles. The number of hydrogen-bond acceptors (Lipinski definition) is 6. The second-order valence-electron chi connectivity index (χ2n) is 9.14. The zero-order valence-corrected chi connectivity index (χ0v) is 21.2. The molecule has 0 N–H and O–H groups in total. The first-order valence-corrected chi connectivity index (χ1v) is 12.4. The van der Waals surface area contributed by atoms with E-state index >= 15 is 0 Å². The highest BCUT2D eigenvalue weighted by Crippen LogP contribution is 2.41. The van der Waals surface area contributed by atoms with E-state index in [9.17, 15) is 4.79 Å². The van der Waals surface area contributed by atoms with Crippen LogP contribution < -0.4 is 18.9 Å². The third kappa shape index (κ3) is 4.51. The lowest BCUT2D eigenvalue weighted by Gasteiger charge is -2.25. The fraction of sp³-hybridized carbons (Fsp3) is 0.241. The van der Waals surface area contributed by atoms with Crippen molar-refractivity contribution >= 4 is 28.4 Å². The Balaban J connectivity index is 1.50. The molecule has 37 heavy (non-hydrogen) atoms. The summed E-state index contributed by atoms with van der Waals surface area (Å²) in [6, 6.07) is 18.7. The molecule has 0 unspecified atom stereocenters. The van der Waals surface area contributed by atoms with Crippen molar-refractivity contribution < 1.29 is 23.7 Å². The van der Waals surface area contributed by atoms with Crippen molar-refractivity contribution in [3.8, 4) is 34.3 Å². The number of carbonyl (C=O) groups is 1. The Bertz CT molecular complexity index is 1520. The molecule has 1 fully saturated rings. The van der Waals surface area contributed by atoms with Crippen LogP contribution in [0.2, 0.25) is 5.02 Å². The standard InChI is InChI=1S/C29H25ClN2O5/c1-34-22-8-9-25(35-2)23(13-22)28-19(10-18-12-26-27(37-16-36-26)14-24(18)31-28)15-32(21-6-7-21)29(33)17-4-3-5-20(30)11-17/h3-5,8-14,21H,6-7,15-16H2,1-2H3. The van der Waals surface area contributed by atoms with Gasteiger partial charge in [0.25, 0.3) is 5.91 Å². The predicted octanol–water partition coefficient (Wildman–Crippen LogP) is 6.11. The zero-order chi connectivity index (χ0) is 25.5. The number of rotatable bonds is 7. The largest absolute Gasteiger partial charge is 0.497 e. The summed E-state index contributed by atoms with van der Waals surface area (Å²) in [7, 11) is 3.25. The highest BCUT2D eigenvalue weighted by Gasteiger charge is 2.34. The van der Waals surface area contributed by atoms with E-state index in [2.05, 4.69) is 6.07 Å². The summed E-state index contributed by atoms with van der Waals surface area (Å²) in [5, 5.41) is 1.43. The van der Waals surface area contributed by atoms with Crippen LogP contribution in [0.25, 0.3) is 22.2 Å². The Kier molecular flexibility index (Phi) is 6.00. The number of benzene rings is 3. The summed E-state index contributed by atoms with van der Waals surface area (Å²) in [5.41, 5.74) is 3.71.